The van der Waals surface area contributed by atoms with Crippen molar-refractivity contribution in [1.29, 1.82) is 5.26 Å². The summed E-state index contributed by atoms with van der Waals surface area (Å²) in [6.45, 7) is 3.17. The summed E-state index contributed by atoms with van der Waals surface area (Å²) in [7, 11) is -3.37. The van der Waals surface area contributed by atoms with Crippen molar-refractivity contribution in [2.24, 2.45) is 0 Å². The zero-order chi connectivity index (χ0) is 14.4. The summed E-state index contributed by atoms with van der Waals surface area (Å²) in [6.07, 6.45) is 0. The van der Waals surface area contributed by atoms with E-state index in [0.29, 0.717) is 25.3 Å². The Morgan fingerprint density at radius 3 is 2.80 bits per heavy atom. The summed E-state index contributed by atoms with van der Waals surface area (Å²) >= 11 is 0. The number of nitrogens with one attached hydrogen (secondary N) is 1. The average molecular weight is 295 g/mol. The van der Waals surface area contributed by atoms with Gasteiger partial charge in [-0.05, 0) is 18.2 Å². The predicted octanol–water partition coefficient (Wildman–Crippen LogP) is 0.169. The van der Waals surface area contributed by atoms with E-state index in [1.54, 1.807) is 12.1 Å². The number of morpholine rings is 1. The largest absolute Gasteiger partial charge is 0.379 e. The number of hydrogen-bond donors (Lipinski definition) is 1. The van der Waals surface area contributed by atoms with Gasteiger partial charge in [0.2, 0.25) is 0 Å². The molecule has 1 aliphatic heterocycles. The minimum Gasteiger partial charge on any atom is -0.379 e. The van der Waals surface area contributed by atoms with Crippen molar-refractivity contribution in [3.8, 4) is 6.07 Å². The van der Waals surface area contributed by atoms with E-state index in [4.69, 9.17) is 10.00 Å². The van der Waals surface area contributed by atoms with Crippen molar-refractivity contribution in [3.05, 3.63) is 29.8 Å². The van der Waals surface area contributed by atoms with E-state index >= 15 is 0 Å². The molecule has 1 N–H and O–H groups in total. The number of nitriles is 1. The Morgan fingerprint density at radius 2 is 2.10 bits per heavy atom. The van der Waals surface area contributed by atoms with E-state index in [1.165, 1.54) is 12.1 Å². The Kier molecular flexibility index (Phi) is 5.09. The van der Waals surface area contributed by atoms with Crippen LogP contribution in [-0.4, -0.2) is 52.0 Å². The monoisotopic (exact) mass is 295 g/mol. The highest BCUT2D eigenvalue weighted by atomic mass is 32.2. The van der Waals surface area contributed by atoms with Gasteiger partial charge in [-0.15, -0.1) is 0 Å². The van der Waals surface area contributed by atoms with E-state index in [9.17, 15) is 8.42 Å². The van der Waals surface area contributed by atoms with Gasteiger partial charge < -0.3 is 4.74 Å². The molecule has 0 aliphatic carbocycles. The van der Waals surface area contributed by atoms with Crippen LogP contribution in [0.2, 0.25) is 0 Å². The fourth-order valence-corrected chi connectivity index (χ4v) is 3.12. The van der Waals surface area contributed by atoms with Crippen LogP contribution in [0.5, 0.6) is 0 Å². The Bertz CT molecular complexity index is 589. The maximum atomic E-state index is 12.1. The predicted molar refractivity (Wildman–Crippen MR) is 73.6 cm³/mol. The van der Waals surface area contributed by atoms with Gasteiger partial charge in [0.15, 0.2) is 9.84 Å². The van der Waals surface area contributed by atoms with E-state index < -0.39 is 9.84 Å². The van der Waals surface area contributed by atoms with Gasteiger partial charge in [-0.2, -0.15) is 5.26 Å². The minimum atomic E-state index is -3.37. The average Bonchev–Trinajstić information content (AvgIpc) is 2.48. The Hall–Kier alpha value is -1.46. The number of nitrogens with zero attached hydrogens (tertiary/aromatic N) is 2. The van der Waals surface area contributed by atoms with Gasteiger partial charge in [0.25, 0.3) is 0 Å². The van der Waals surface area contributed by atoms with E-state index in [1.807, 2.05) is 11.1 Å². The third-order valence-electron chi connectivity index (χ3n) is 3.04. The molecule has 0 radical (unpaired) electrons. The lowest BCUT2D eigenvalue weighted by atomic mass is 10.2. The number of hydrazine groups is 1. The van der Waals surface area contributed by atoms with Crippen LogP contribution in [0.3, 0.4) is 0 Å². The number of rotatable bonds is 5. The molecule has 2 rings (SSSR count). The van der Waals surface area contributed by atoms with Gasteiger partial charge in [-0.25, -0.2) is 13.4 Å². The number of sulfone groups is 1. The van der Waals surface area contributed by atoms with Crippen LogP contribution in [0, 0.1) is 11.3 Å². The van der Waals surface area contributed by atoms with Crippen LogP contribution in [0.1, 0.15) is 5.56 Å². The first kappa shape index (κ1) is 14.9. The Balaban J connectivity index is 1.91. The van der Waals surface area contributed by atoms with Crippen molar-refractivity contribution in [3.63, 3.8) is 0 Å². The fraction of sp³-hybridized carbons (Fsp3) is 0.462. The highest BCUT2D eigenvalue weighted by Crippen LogP contribution is 2.12. The summed E-state index contributed by atoms with van der Waals surface area (Å²) in [5.41, 5.74) is 3.44. The second-order valence-corrected chi connectivity index (χ2v) is 6.58. The Morgan fingerprint density at radius 1 is 1.35 bits per heavy atom. The lowest BCUT2D eigenvalue weighted by molar-refractivity contribution is 0.0133. The summed E-state index contributed by atoms with van der Waals surface area (Å²) < 4.78 is 29.5. The molecule has 1 fully saturated rings. The molecule has 0 aromatic heterocycles. The third kappa shape index (κ3) is 4.02. The molecule has 0 atom stereocenters. The van der Waals surface area contributed by atoms with Gasteiger partial charge in [-0.1, -0.05) is 6.07 Å². The second kappa shape index (κ2) is 6.81. The van der Waals surface area contributed by atoms with Gasteiger partial charge in [0.05, 0.1) is 35.5 Å². The Labute approximate surface area is 118 Å². The van der Waals surface area contributed by atoms with E-state index in [0.717, 1.165) is 13.1 Å². The van der Waals surface area contributed by atoms with Crippen LogP contribution in [-0.2, 0) is 14.6 Å². The number of benzene rings is 1. The third-order valence-corrected chi connectivity index (χ3v) is 4.75. The molecule has 6 nitrogen and oxygen atoms in total. The first-order chi connectivity index (χ1) is 9.62. The lowest BCUT2D eigenvalue weighted by Gasteiger charge is -2.27. The molecule has 20 heavy (non-hydrogen) atoms. The molecule has 0 saturated carbocycles. The van der Waals surface area contributed by atoms with Crippen molar-refractivity contribution in [2.45, 2.75) is 4.90 Å². The van der Waals surface area contributed by atoms with Gasteiger partial charge in [0.1, 0.15) is 0 Å². The van der Waals surface area contributed by atoms with E-state index in [-0.39, 0.29) is 10.6 Å². The van der Waals surface area contributed by atoms with Gasteiger partial charge in [-0.3, -0.25) is 5.43 Å². The van der Waals surface area contributed by atoms with Gasteiger partial charge >= 0.3 is 0 Å². The fourth-order valence-electron chi connectivity index (χ4n) is 1.94. The normalized spacial score (nSPS) is 16.8. The number of ether oxygens (including phenoxy) is 1. The highest BCUT2D eigenvalue weighted by molar-refractivity contribution is 7.91. The summed E-state index contributed by atoms with van der Waals surface area (Å²) in [5, 5.41) is 10.8. The summed E-state index contributed by atoms with van der Waals surface area (Å²) in [5.74, 6) is -0.000755. The van der Waals surface area contributed by atoms with Gasteiger partial charge in [0, 0.05) is 19.6 Å². The van der Waals surface area contributed by atoms with Crippen molar-refractivity contribution < 1.29 is 13.2 Å². The topological polar surface area (TPSA) is 82.4 Å². The molecule has 7 heteroatoms. The van der Waals surface area contributed by atoms with Crippen LogP contribution >= 0.6 is 0 Å². The maximum Gasteiger partial charge on any atom is 0.179 e. The smallest absolute Gasteiger partial charge is 0.179 e. The quantitative estimate of drug-likeness (QED) is 0.834. The first-order valence-electron chi connectivity index (χ1n) is 6.41. The molecule has 0 amide bonds. The molecule has 108 valence electrons. The molecule has 1 aromatic rings. The second-order valence-electron chi connectivity index (χ2n) is 4.47. The lowest BCUT2D eigenvalue weighted by Crippen LogP contribution is -2.47. The zero-order valence-corrected chi connectivity index (χ0v) is 11.9. The summed E-state index contributed by atoms with van der Waals surface area (Å²) in [4.78, 5) is 0.195. The highest BCUT2D eigenvalue weighted by Gasteiger charge is 2.16. The first-order valence-corrected chi connectivity index (χ1v) is 8.06. The van der Waals surface area contributed by atoms with Crippen LogP contribution < -0.4 is 5.43 Å². The van der Waals surface area contributed by atoms with Crippen molar-refractivity contribution >= 4 is 9.84 Å². The van der Waals surface area contributed by atoms with E-state index in [2.05, 4.69) is 5.43 Å². The van der Waals surface area contributed by atoms with Crippen LogP contribution in [0.15, 0.2) is 29.2 Å². The van der Waals surface area contributed by atoms with Crippen LogP contribution in [0.4, 0.5) is 0 Å². The summed E-state index contributed by atoms with van der Waals surface area (Å²) in [6, 6.07) is 8.04. The molecule has 1 aliphatic rings. The molecule has 1 heterocycles. The molecule has 0 spiro atoms. The van der Waals surface area contributed by atoms with Crippen molar-refractivity contribution in [1.82, 2.24) is 10.4 Å². The molecular weight excluding hydrogens is 278 g/mol. The SMILES string of the molecule is N#Cc1cccc(S(=O)(=O)CCNN2CCOCC2)c1. The number of hydrogen-bond acceptors (Lipinski definition) is 6. The molecule has 0 unspecified atom stereocenters. The molecule has 1 saturated heterocycles. The standard InChI is InChI=1S/C13H17N3O3S/c14-11-12-2-1-3-13(10-12)20(17,18)9-4-15-16-5-7-19-8-6-16/h1-3,10,15H,4-9H2. The maximum absolute atomic E-state index is 12.1. The van der Waals surface area contributed by atoms with Crippen LogP contribution in [0.25, 0.3) is 0 Å². The molecule has 1 aromatic carbocycles. The minimum absolute atomic E-state index is 0.000755. The molecular formula is C13H17N3O3S. The zero-order valence-electron chi connectivity index (χ0n) is 11.1. The molecule has 0 bridgehead atoms. The van der Waals surface area contributed by atoms with Crippen molar-refractivity contribution in [2.75, 3.05) is 38.6 Å².